The summed E-state index contributed by atoms with van der Waals surface area (Å²) in [7, 11) is 0. The van der Waals surface area contributed by atoms with Crippen molar-refractivity contribution in [1.82, 2.24) is 9.80 Å². The smallest absolute Gasteiger partial charge is 0.222 e. The highest BCUT2D eigenvalue weighted by Crippen LogP contribution is 2.20. The zero-order valence-electron chi connectivity index (χ0n) is 14.6. The number of likely N-dealkylation sites (tertiary alicyclic amines) is 1. The van der Waals surface area contributed by atoms with Crippen LogP contribution in [0.25, 0.3) is 0 Å². The Morgan fingerprint density at radius 2 is 1.88 bits per heavy atom. The van der Waals surface area contributed by atoms with Crippen molar-refractivity contribution in [3.63, 3.8) is 0 Å². The quantitative estimate of drug-likeness (QED) is 0.784. The molecule has 1 aromatic carbocycles. The van der Waals surface area contributed by atoms with Crippen LogP contribution in [0.5, 0.6) is 0 Å². The molecule has 7 heteroatoms. The van der Waals surface area contributed by atoms with E-state index in [0.29, 0.717) is 12.3 Å². The van der Waals surface area contributed by atoms with Gasteiger partial charge >= 0.3 is 0 Å². The highest BCUT2D eigenvalue weighted by molar-refractivity contribution is 5.85. The van der Waals surface area contributed by atoms with E-state index < -0.39 is 0 Å². The van der Waals surface area contributed by atoms with E-state index in [4.69, 9.17) is 10.5 Å². The molecule has 2 heterocycles. The lowest BCUT2D eigenvalue weighted by atomic mass is 10.1. The molecular weight excluding hydrogens is 361 g/mol. The second kappa shape index (κ2) is 10.9. The zero-order chi connectivity index (χ0) is 16.1. The monoisotopic (exact) mass is 389 g/mol. The largest absolute Gasteiger partial charge is 0.399 e. The first-order valence-corrected chi connectivity index (χ1v) is 8.63. The molecule has 142 valence electrons. The van der Waals surface area contributed by atoms with Gasteiger partial charge in [0.25, 0.3) is 0 Å². The third-order valence-electron chi connectivity index (χ3n) is 4.92. The van der Waals surface area contributed by atoms with Gasteiger partial charge in [0.1, 0.15) is 0 Å². The number of hydrogen-bond acceptors (Lipinski definition) is 4. The first-order valence-electron chi connectivity index (χ1n) is 8.63. The molecule has 2 saturated heterocycles. The number of nitrogens with zero attached hydrogens (tertiary/aromatic N) is 2. The number of aryl methyl sites for hydroxylation is 1. The second-order valence-corrected chi connectivity index (χ2v) is 6.61. The summed E-state index contributed by atoms with van der Waals surface area (Å²) >= 11 is 0. The van der Waals surface area contributed by atoms with E-state index >= 15 is 0 Å². The van der Waals surface area contributed by atoms with Crippen molar-refractivity contribution < 1.29 is 9.53 Å². The van der Waals surface area contributed by atoms with Gasteiger partial charge in [-0.3, -0.25) is 9.69 Å². The maximum atomic E-state index is 12.4. The van der Waals surface area contributed by atoms with Gasteiger partial charge in [-0.1, -0.05) is 18.2 Å². The van der Waals surface area contributed by atoms with Crippen molar-refractivity contribution in [2.24, 2.45) is 5.92 Å². The average molecular weight is 390 g/mol. The number of ether oxygens (including phenoxy) is 1. The number of morpholine rings is 1. The number of benzene rings is 1. The van der Waals surface area contributed by atoms with Gasteiger partial charge in [-0.05, 0) is 30.4 Å². The summed E-state index contributed by atoms with van der Waals surface area (Å²) in [4.78, 5) is 16.9. The van der Waals surface area contributed by atoms with Gasteiger partial charge < -0.3 is 15.4 Å². The Labute approximate surface area is 162 Å². The standard InChI is InChI=1S/C18H27N3O2.2ClH/c19-17-4-2-1-3-16(17)5-6-18(22)21-8-7-15(14-21)13-20-9-11-23-12-10-20;;/h1-4,15H,5-14,19H2;2*1H. The number of hydrogen-bond donors (Lipinski definition) is 1. The number of rotatable bonds is 5. The molecule has 2 aliphatic rings. The summed E-state index contributed by atoms with van der Waals surface area (Å²) in [6.45, 7) is 6.63. The van der Waals surface area contributed by atoms with E-state index in [0.717, 1.165) is 70.0 Å². The van der Waals surface area contributed by atoms with Gasteiger partial charge in [-0.2, -0.15) is 0 Å². The van der Waals surface area contributed by atoms with E-state index in [2.05, 4.69) is 4.90 Å². The van der Waals surface area contributed by atoms with Crippen molar-refractivity contribution in [1.29, 1.82) is 0 Å². The molecule has 1 aromatic rings. The number of para-hydroxylation sites is 1. The fraction of sp³-hybridized carbons (Fsp3) is 0.611. The van der Waals surface area contributed by atoms with Crippen LogP contribution in [0.1, 0.15) is 18.4 Å². The fourth-order valence-corrected chi connectivity index (χ4v) is 3.52. The molecule has 0 spiro atoms. The average Bonchev–Trinajstić information content (AvgIpc) is 3.03. The van der Waals surface area contributed by atoms with Gasteiger partial charge in [0.15, 0.2) is 0 Å². The zero-order valence-corrected chi connectivity index (χ0v) is 16.2. The molecule has 0 aliphatic carbocycles. The first kappa shape index (κ1) is 22.0. The summed E-state index contributed by atoms with van der Waals surface area (Å²) in [5.74, 6) is 0.872. The molecule has 0 aromatic heterocycles. The molecule has 0 bridgehead atoms. The number of anilines is 1. The van der Waals surface area contributed by atoms with E-state index in [1.54, 1.807) is 0 Å². The second-order valence-electron chi connectivity index (χ2n) is 6.61. The van der Waals surface area contributed by atoms with Crippen LogP contribution in [-0.2, 0) is 16.0 Å². The predicted octanol–water partition coefficient (Wildman–Crippen LogP) is 2.23. The van der Waals surface area contributed by atoms with Crippen LogP contribution >= 0.6 is 24.8 Å². The Kier molecular flexibility index (Phi) is 9.57. The van der Waals surface area contributed by atoms with Gasteiger partial charge in [0, 0.05) is 44.8 Å². The molecule has 25 heavy (non-hydrogen) atoms. The van der Waals surface area contributed by atoms with E-state index in [9.17, 15) is 4.79 Å². The van der Waals surface area contributed by atoms with Crippen molar-refractivity contribution in [2.75, 3.05) is 51.7 Å². The number of carbonyl (C=O) groups excluding carboxylic acids is 1. The molecule has 3 rings (SSSR count). The lowest BCUT2D eigenvalue weighted by Crippen LogP contribution is -2.40. The molecule has 0 radical (unpaired) electrons. The minimum absolute atomic E-state index is 0. The lowest BCUT2D eigenvalue weighted by Gasteiger charge is -2.29. The number of carbonyl (C=O) groups is 1. The summed E-state index contributed by atoms with van der Waals surface area (Å²) in [6, 6.07) is 7.81. The summed E-state index contributed by atoms with van der Waals surface area (Å²) in [5.41, 5.74) is 7.80. The van der Waals surface area contributed by atoms with E-state index in [1.807, 2.05) is 29.2 Å². The third kappa shape index (κ3) is 6.33. The minimum atomic E-state index is 0. The Morgan fingerprint density at radius 1 is 1.16 bits per heavy atom. The molecule has 2 aliphatic heterocycles. The number of nitrogen functional groups attached to an aromatic ring is 1. The summed E-state index contributed by atoms with van der Waals surface area (Å²) in [5, 5.41) is 0. The van der Waals surface area contributed by atoms with Crippen LogP contribution in [-0.4, -0.2) is 61.6 Å². The number of amides is 1. The van der Waals surface area contributed by atoms with Gasteiger partial charge in [-0.25, -0.2) is 0 Å². The van der Waals surface area contributed by atoms with Crippen LogP contribution in [0.3, 0.4) is 0 Å². The number of halogens is 2. The minimum Gasteiger partial charge on any atom is -0.399 e. The van der Waals surface area contributed by atoms with Crippen molar-refractivity contribution in [3.8, 4) is 0 Å². The van der Waals surface area contributed by atoms with Crippen molar-refractivity contribution >= 4 is 36.4 Å². The molecule has 0 saturated carbocycles. The highest BCUT2D eigenvalue weighted by atomic mass is 35.5. The Bertz CT molecular complexity index is 539. The van der Waals surface area contributed by atoms with Crippen LogP contribution in [0.4, 0.5) is 5.69 Å². The molecule has 1 unspecified atom stereocenters. The Hall–Kier alpha value is -1.01. The van der Waals surface area contributed by atoms with Gasteiger partial charge in [0.2, 0.25) is 5.91 Å². The Balaban J connectivity index is 0.00000156. The summed E-state index contributed by atoms with van der Waals surface area (Å²) in [6.07, 6.45) is 2.41. The summed E-state index contributed by atoms with van der Waals surface area (Å²) < 4.78 is 5.39. The molecule has 1 atom stereocenters. The fourth-order valence-electron chi connectivity index (χ4n) is 3.52. The first-order chi connectivity index (χ1) is 11.2. The molecule has 2 N–H and O–H groups in total. The van der Waals surface area contributed by atoms with Gasteiger partial charge in [0.05, 0.1) is 13.2 Å². The normalized spacial score (nSPS) is 20.6. The highest BCUT2D eigenvalue weighted by Gasteiger charge is 2.27. The van der Waals surface area contributed by atoms with Crippen LogP contribution in [0.2, 0.25) is 0 Å². The van der Waals surface area contributed by atoms with E-state index in [-0.39, 0.29) is 30.7 Å². The lowest BCUT2D eigenvalue weighted by molar-refractivity contribution is -0.130. The molecular formula is C18H29Cl2N3O2. The Morgan fingerprint density at radius 3 is 2.60 bits per heavy atom. The topological polar surface area (TPSA) is 58.8 Å². The molecule has 2 fully saturated rings. The molecule has 5 nitrogen and oxygen atoms in total. The van der Waals surface area contributed by atoms with E-state index in [1.165, 1.54) is 0 Å². The third-order valence-corrected chi connectivity index (χ3v) is 4.92. The molecule has 1 amide bonds. The van der Waals surface area contributed by atoms with Crippen molar-refractivity contribution in [2.45, 2.75) is 19.3 Å². The van der Waals surface area contributed by atoms with Crippen molar-refractivity contribution in [3.05, 3.63) is 29.8 Å². The van der Waals surface area contributed by atoms with Crippen LogP contribution in [0.15, 0.2) is 24.3 Å². The number of nitrogens with two attached hydrogens (primary N) is 1. The maximum absolute atomic E-state index is 12.4. The maximum Gasteiger partial charge on any atom is 0.222 e. The van der Waals surface area contributed by atoms with Crippen LogP contribution in [0, 0.1) is 5.92 Å². The van der Waals surface area contributed by atoms with Gasteiger partial charge in [-0.15, -0.1) is 24.8 Å². The predicted molar refractivity (Wildman–Crippen MR) is 106 cm³/mol. The van der Waals surface area contributed by atoms with Crippen LogP contribution < -0.4 is 5.73 Å². The SMILES string of the molecule is Cl.Cl.Nc1ccccc1CCC(=O)N1CCC(CN2CCOCC2)C1.